The standard InChI is InChI=1S/C25H17ClN4O2S/c26-23-11-8-19(16-22(23)24-21-5-2-1-4-17(21)12-15-27-24)30-33(31,32)20-9-6-18(7-10-20)25-28-13-3-14-29-25/h1-16,30H. The molecule has 0 aliphatic heterocycles. The number of halogens is 1. The normalized spacial score (nSPS) is 11.4. The fourth-order valence-electron chi connectivity index (χ4n) is 3.55. The zero-order valence-corrected chi connectivity index (χ0v) is 18.8. The van der Waals surface area contributed by atoms with Crippen molar-refractivity contribution in [3.63, 3.8) is 0 Å². The van der Waals surface area contributed by atoms with Crippen molar-refractivity contribution in [3.05, 3.63) is 102 Å². The lowest BCUT2D eigenvalue weighted by Gasteiger charge is -2.12. The van der Waals surface area contributed by atoms with Crippen LogP contribution in [-0.4, -0.2) is 23.4 Å². The van der Waals surface area contributed by atoms with Crippen LogP contribution in [0.2, 0.25) is 5.02 Å². The average molecular weight is 473 g/mol. The summed E-state index contributed by atoms with van der Waals surface area (Å²) in [5.41, 5.74) is 2.45. The van der Waals surface area contributed by atoms with E-state index in [1.165, 1.54) is 12.1 Å². The second kappa shape index (κ2) is 8.61. The molecule has 5 rings (SSSR count). The topological polar surface area (TPSA) is 84.8 Å². The number of nitrogens with zero attached hydrogens (tertiary/aromatic N) is 3. The van der Waals surface area contributed by atoms with E-state index < -0.39 is 10.0 Å². The molecule has 0 fully saturated rings. The second-order valence-corrected chi connectivity index (χ2v) is 9.37. The van der Waals surface area contributed by atoms with Gasteiger partial charge in [0.25, 0.3) is 10.0 Å². The molecule has 0 aliphatic rings. The fraction of sp³-hybridized carbons (Fsp3) is 0. The SMILES string of the molecule is O=S(=O)(Nc1ccc(Cl)c(-c2nccc3ccccc23)c1)c1ccc(-c2ncccn2)cc1. The zero-order chi connectivity index (χ0) is 22.8. The van der Waals surface area contributed by atoms with Crippen molar-refractivity contribution in [1.82, 2.24) is 15.0 Å². The summed E-state index contributed by atoms with van der Waals surface area (Å²) in [6.45, 7) is 0. The number of aromatic nitrogens is 3. The maximum atomic E-state index is 13.0. The van der Waals surface area contributed by atoms with Crippen LogP contribution in [0.4, 0.5) is 5.69 Å². The molecule has 0 atom stereocenters. The number of pyridine rings is 1. The number of anilines is 1. The summed E-state index contributed by atoms with van der Waals surface area (Å²) in [4.78, 5) is 13.0. The minimum Gasteiger partial charge on any atom is -0.280 e. The Labute approximate surface area is 196 Å². The molecule has 33 heavy (non-hydrogen) atoms. The van der Waals surface area contributed by atoms with Crippen LogP contribution < -0.4 is 4.72 Å². The Hall–Kier alpha value is -3.81. The molecule has 0 amide bonds. The lowest BCUT2D eigenvalue weighted by molar-refractivity contribution is 0.601. The Morgan fingerprint density at radius 2 is 1.52 bits per heavy atom. The summed E-state index contributed by atoms with van der Waals surface area (Å²) in [5, 5.41) is 2.43. The van der Waals surface area contributed by atoms with Crippen LogP contribution in [0.3, 0.4) is 0 Å². The van der Waals surface area contributed by atoms with Gasteiger partial charge in [-0.1, -0.05) is 35.9 Å². The first kappa shape index (κ1) is 21.1. The van der Waals surface area contributed by atoms with Crippen LogP contribution >= 0.6 is 11.6 Å². The van der Waals surface area contributed by atoms with Gasteiger partial charge in [-0.05, 0) is 60.0 Å². The molecular formula is C25H17ClN4O2S. The summed E-state index contributed by atoms with van der Waals surface area (Å²) >= 11 is 6.47. The second-order valence-electron chi connectivity index (χ2n) is 7.28. The van der Waals surface area contributed by atoms with Crippen molar-refractivity contribution in [2.75, 3.05) is 4.72 Å². The van der Waals surface area contributed by atoms with Crippen molar-refractivity contribution in [3.8, 4) is 22.6 Å². The van der Waals surface area contributed by atoms with E-state index in [1.54, 1.807) is 55.0 Å². The van der Waals surface area contributed by atoms with E-state index >= 15 is 0 Å². The predicted octanol–water partition coefficient (Wildman–Crippen LogP) is 5.81. The van der Waals surface area contributed by atoms with Crippen LogP contribution in [0.5, 0.6) is 0 Å². The number of fused-ring (bicyclic) bond motifs is 1. The van der Waals surface area contributed by atoms with E-state index in [0.29, 0.717) is 27.8 Å². The molecule has 2 heterocycles. The lowest BCUT2D eigenvalue weighted by atomic mass is 10.0. The summed E-state index contributed by atoms with van der Waals surface area (Å²) in [6.07, 6.45) is 4.98. The van der Waals surface area contributed by atoms with E-state index in [0.717, 1.165) is 16.3 Å². The Kier molecular flexibility index (Phi) is 5.50. The van der Waals surface area contributed by atoms with Crippen LogP contribution in [-0.2, 0) is 10.0 Å². The van der Waals surface area contributed by atoms with Gasteiger partial charge >= 0.3 is 0 Å². The molecule has 0 spiro atoms. The molecule has 0 saturated heterocycles. The predicted molar refractivity (Wildman–Crippen MR) is 130 cm³/mol. The molecule has 0 unspecified atom stereocenters. The third kappa shape index (κ3) is 4.28. The van der Waals surface area contributed by atoms with Gasteiger partial charge in [-0.15, -0.1) is 0 Å². The van der Waals surface area contributed by atoms with Gasteiger partial charge in [-0.25, -0.2) is 18.4 Å². The largest absolute Gasteiger partial charge is 0.280 e. The van der Waals surface area contributed by atoms with Crippen LogP contribution in [0.1, 0.15) is 0 Å². The summed E-state index contributed by atoms with van der Waals surface area (Å²) < 4.78 is 28.6. The van der Waals surface area contributed by atoms with E-state index in [1.807, 2.05) is 30.3 Å². The smallest absolute Gasteiger partial charge is 0.261 e. The van der Waals surface area contributed by atoms with E-state index in [9.17, 15) is 8.42 Å². The van der Waals surface area contributed by atoms with Gasteiger partial charge in [-0.3, -0.25) is 9.71 Å². The fourth-order valence-corrected chi connectivity index (χ4v) is 4.81. The number of sulfonamides is 1. The minimum absolute atomic E-state index is 0.127. The zero-order valence-electron chi connectivity index (χ0n) is 17.2. The molecule has 0 saturated carbocycles. The summed E-state index contributed by atoms with van der Waals surface area (Å²) in [5.74, 6) is 0.527. The van der Waals surface area contributed by atoms with Gasteiger partial charge in [0.05, 0.1) is 15.6 Å². The highest BCUT2D eigenvalue weighted by Gasteiger charge is 2.17. The van der Waals surface area contributed by atoms with Crippen molar-refractivity contribution in [1.29, 1.82) is 0 Å². The molecule has 0 bridgehead atoms. The number of nitrogens with one attached hydrogen (secondary N) is 1. The van der Waals surface area contributed by atoms with Crippen LogP contribution in [0.25, 0.3) is 33.4 Å². The first-order chi connectivity index (χ1) is 16.0. The monoisotopic (exact) mass is 472 g/mol. The van der Waals surface area contributed by atoms with Gasteiger partial charge in [-0.2, -0.15) is 0 Å². The summed E-state index contributed by atoms with van der Waals surface area (Å²) in [6, 6.07) is 22.9. The lowest BCUT2D eigenvalue weighted by Crippen LogP contribution is -2.13. The van der Waals surface area contributed by atoms with Gasteiger partial charge < -0.3 is 0 Å². The van der Waals surface area contributed by atoms with Gasteiger partial charge in [0, 0.05) is 40.8 Å². The van der Waals surface area contributed by atoms with E-state index in [2.05, 4.69) is 19.7 Å². The van der Waals surface area contributed by atoms with Gasteiger partial charge in [0.2, 0.25) is 0 Å². The van der Waals surface area contributed by atoms with Crippen LogP contribution in [0.15, 0.2) is 102 Å². The number of hydrogen-bond donors (Lipinski definition) is 1. The van der Waals surface area contributed by atoms with Crippen molar-refractivity contribution in [2.24, 2.45) is 0 Å². The number of hydrogen-bond acceptors (Lipinski definition) is 5. The molecule has 0 radical (unpaired) electrons. The molecule has 6 nitrogen and oxygen atoms in total. The maximum Gasteiger partial charge on any atom is 0.261 e. The Balaban J connectivity index is 1.47. The molecule has 5 aromatic rings. The molecule has 8 heteroatoms. The Morgan fingerprint density at radius 3 is 2.30 bits per heavy atom. The molecular weight excluding hydrogens is 456 g/mol. The highest BCUT2D eigenvalue weighted by Crippen LogP contribution is 2.34. The van der Waals surface area contributed by atoms with Crippen molar-refractivity contribution < 1.29 is 8.42 Å². The molecule has 1 N–H and O–H groups in total. The highest BCUT2D eigenvalue weighted by molar-refractivity contribution is 7.92. The van der Waals surface area contributed by atoms with Crippen molar-refractivity contribution >= 4 is 38.1 Å². The number of benzene rings is 3. The first-order valence-corrected chi connectivity index (χ1v) is 11.9. The van der Waals surface area contributed by atoms with E-state index in [-0.39, 0.29) is 4.90 Å². The van der Waals surface area contributed by atoms with Crippen LogP contribution in [0, 0.1) is 0 Å². The number of rotatable bonds is 5. The molecule has 3 aromatic carbocycles. The maximum absolute atomic E-state index is 13.0. The third-order valence-electron chi connectivity index (χ3n) is 5.14. The summed E-state index contributed by atoms with van der Waals surface area (Å²) in [7, 11) is -3.82. The first-order valence-electron chi connectivity index (χ1n) is 10.1. The van der Waals surface area contributed by atoms with Gasteiger partial charge in [0.15, 0.2) is 5.82 Å². The van der Waals surface area contributed by atoms with Gasteiger partial charge in [0.1, 0.15) is 0 Å². The third-order valence-corrected chi connectivity index (χ3v) is 6.86. The molecule has 162 valence electrons. The Morgan fingerprint density at radius 1 is 0.758 bits per heavy atom. The molecule has 2 aromatic heterocycles. The molecule has 0 aliphatic carbocycles. The van der Waals surface area contributed by atoms with E-state index in [4.69, 9.17) is 11.6 Å². The quantitative estimate of drug-likeness (QED) is 0.348. The Bertz CT molecular complexity index is 1550. The van der Waals surface area contributed by atoms with Crippen molar-refractivity contribution in [2.45, 2.75) is 4.90 Å². The average Bonchev–Trinajstić information content (AvgIpc) is 2.85. The highest BCUT2D eigenvalue weighted by atomic mass is 35.5. The minimum atomic E-state index is -3.82.